The van der Waals surface area contributed by atoms with Gasteiger partial charge in [-0.2, -0.15) is 0 Å². The van der Waals surface area contributed by atoms with Crippen molar-refractivity contribution in [1.29, 1.82) is 0 Å². The zero-order chi connectivity index (χ0) is 14.5. The summed E-state index contributed by atoms with van der Waals surface area (Å²) in [7, 11) is 0. The predicted molar refractivity (Wildman–Crippen MR) is 86.5 cm³/mol. The van der Waals surface area contributed by atoms with Crippen molar-refractivity contribution in [2.45, 2.75) is 32.2 Å². The minimum Gasteiger partial charge on any atom is -0.367 e. The van der Waals surface area contributed by atoms with Crippen molar-refractivity contribution < 1.29 is 0 Å². The van der Waals surface area contributed by atoms with Gasteiger partial charge in [-0.15, -0.1) is 0 Å². The molecule has 1 aliphatic heterocycles. The van der Waals surface area contributed by atoms with Gasteiger partial charge in [0.2, 0.25) is 0 Å². The molecule has 3 rings (SSSR count). The van der Waals surface area contributed by atoms with E-state index in [1.54, 1.807) is 0 Å². The second kappa shape index (κ2) is 6.53. The van der Waals surface area contributed by atoms with Crippen molar-refractivity contribution in [2.24, 2.45) is 4.99 Å². The average Bonchev–Trinajstić information content (AvgIpc) is 3.01. The number of nitrogens with one attached hydrogen (secondary N) is 1. The van der Waals surface area contributed by atoms with E-state index in [0.717, 1.165) is 37.3 Å². The maximum atomic E-state index is 4.55. The first-order valence-electron chi connectivity index (χ1n) is 7.57. The molecule has 2 heterocycles. The standard InChI is InChI=1S/C18H21N3/c1-14-7-9-15(10-8-14)17(21-18-6-4-12-20-18)13-16-5-2-3-11-19-16/h2-3,5,7-11,17H,4,6,12-13H2,1H3,(H,20,21). The third-order valence-corrected chi connectivity index (χ3v) is 3.83. The van der Waals surface area contributed by atoms with Crippen molar-refractivity contribution in [3.05, 3.63) is 65.5 Å². The maximum absolute atomic E-state index is 4.55. The Hall–Kier alpha value is -2.16. The lowest BCUT2D eigenvalue weighted by Crippen LogP contribution is -2.29. The molecular formula is C18H21N3. The fourth-order valence-electron chi connectivity index (χ4n) is 2.64. The number of aromatic nitrogens is 1. The van der Waals surface area contributed by atoms with Crippen LogP contribution in [-0.2, 0) is 6.42 Å². The Labute approximate surface area is 126 Å². The minimum atomic E-state index is 0.234. The van der Waals surface area contributed by atoms with Crippen LogP contribution in [0.15, 0.2) is 53.7 Å². The summed E-state index contributed by atoms with van der Waals surface area (Å²) in [5.41, 5.74) is 3.68. The molecule has 1 aliphatic rings. The highest BCUT2D eigenvalue weighted by Crippen LogP contribution is 2.19. The van der Waals surface area contributed by atoms with Gasteiger partial charge in [0.05, 0.1) is 11.9 Å². The molecule has 1 aromatic carbocycles. The lowest BCUT2D eigenvalue weighted by molar-refractivity contribution is 0.629. The number of pyridine rings is 1. The molecule has 0 amide bonds. The maximum Gasteiger partial charge on any atom is 0.0968 e. The second-order valence-electron chi connectivity index (χ2n) is 5.56. The van der Waals surface area contributed by atoms with Gasteiger partial charge in [0, 0.05) is 31.3 Å². The van der Waals surface area contributed by atoms with Gasteiger partial charge in [-0.3, -0.25) is 9.98 Å². The number of amidine groups is 1. The van der Waals surface area contributed by atoms with Gasteiger partial charge in [0.1, 0.15) is 0 Å². The van der Waals surface area contributed by atoms with Crippen LogP contribution >= 0.6 is 0 Å². The number of benzene rings is 1. The van der Waals surface area contributed by atoms with Crippen LogP contribution in [0.4, 0.5) is 0 Å². The minimum absolute atomic E-state index is 0.234. The molecule has 1 aromatic heterocycles. The van der Waals surface area contributed by atoms with Gasteiger partial charge in [-0.05, 0) is 31.0 Å². The number of hydrogen-bond donors (Lipinski definition) is 1. The van der Waals surface area contributed by atoms with E-state index in [4.69, 9.17) is 0 Å². The molecule has 21 heavy (non-hydrogen) atoms. The fraction of sp³-hybridized carbons (Fsp3) is 0.333. The van der Waals surface area contributed by atoms with E-state index in [9.17, 15) is 0 Å². The lowest BCUT2D eigenvalue weighted by atomic mass is 10.00. The van der Waals surface area contributed by atoms with E-state index >= 15 is 0 Å². The summed E-state index contributed by atoms with van der Waals surface area (Å²) in [6, 6.07) is 15.0. The number of rotatable bonds is 4. The lowest BCUT2D eigenvalue weighted by Gasteiger charge is -2.20. The van der Waals surface area contributed by atoms with Crippen LogP contribution in [0.2, 0.25) is 0 Å². The zero-order valence-electron chi connectivity index (χ0n) is 12.4. The molecule has 1 N–H and O–H groups in total. The third-order valence-electron chi connectivity index (χ3n) is 3.83. The summed E-state index contributed by atoms with van der Waals surface area (Å²) in [5, 5.41) is 3.61. The molecule has 0 bridgehead atoms. The van der Waals surface area contributed by atoms with Crippen LogP contribution in [0.25, 0.3) is 0 Å². The van der Waals surface area contributed by atoms with Crippen LogP contribution in [-0.4, -0.2) is 17.4 Å². The normalized spacial score (nSPS) is 15.6. The van der Waals surface area contributed by atoms with Crippen LogP contribution in [0, 0.1) is 6.92 Å². The number of nitrogens with zero attached hydrogens (tertiary/aromatic N) is 2. The van der Waals surface area contributed by atoms with Crippen molar-refractivity contribution >= 4 is 5.84 Å². The number of aliphatic imine (C=N–C) groups is 1. The average molecular weight is 279 g/mol. The molecule has 0 saturated heterocycles. The SMILES string of the molecule is Cc1ccc(C(Cc2ccccn2)NC2=NCCC2)cc1. The first-order chi connectivity index (χ1) is 10.3. The van der Waals surface area contributed by atoms with Crippen LogP contribution in [0.1, 0.15) is 35.7 Å². The number of aryl methyl sites for hydroxylation is 1. The van der Waals surface area contributed by atoms with Crippen LogP contribution in [0.5, 0.6) is 0 Å². The van der Waals surface area contributed by atoms with Crippen molar-refractivity contribution in [3.63, 3.8) is 0 Å². The van der Waals surface area contributed by atoms with Crippen LogP contribution in [0.3, 0.4) is 0 Å². The van der Waals surface area contributed by atoms with Gasteiger partial charge in [-0.25, -0.2) is 0 Å². The van der Waals surface area contributed by atoms with Gasteiger partial charge < -0.3 is 5.32 Å². The molecule has 2 aromatic rings. The Balaban J connectivity index is 1.81. The van der Waals surface area contributed by atoms with E-state index in [0.29, 0.717) is 0 Å². The second-order valence-corrected chi connectivity index (χ2v) is 5.56. The summed E-state index contributed by atoms with van der Waals surface area (Å²) < 4.78 is 0. The largest absolute Gasteiger partial charge is 0.367 e. The van der Waals surface area contributed by atoms with Gasteiger partial charge in [-0.1, -0.05) is 35.9 Å². The van der Waals surface area contributed by atoms with E-state index in [1.807, 2.05) is 18.3 Å². The van der Waals surface area contributed by atoms with E-state index in [-0.39, 0.29) is 6.04 Å². The van der Waals surface area contributed by atoms with Gasteiger partial charge in [0.15, 0.2) is 0 Å². The first-order valence-corrected chi connectivity index (χ1v) is 7.57. The summed E-state index contributed by atoms with van der Waals surface area (Å²) >= 11 is 0. The third kappa shape index (κ3) is 3.69. The molecule has 0 spiro atoms. The number of hydrogen-bond acceptors (Lipinski definition) is 3. The van der Waals surface area contributed by atoms with Crippen LogP contribution < -0.4 is 5.32 Å². The Morgan fingerprint density at radius 1 is 1.14 bits per heavy atom. The van der Waals surface area contributed by atoms with E-state index in [1.165, 1.54) is 11.1 Å². The summed E-state index contributed by atoms with van der Waals surface area (Å²) in [6.07, 6.45) is 4.95. The van der Waals surface area contributed by atoms with Gasteiger partial charge in [0.25, 0.3) is 0 Å². The van der Waals surface area contributed by atoms with Crippen molar-refractivity contribution in [2.75, 3.05) is 6.54 Å². The Morgan fingerprint density at radius 2 is 2.00 bits per heavy atom. The smallest absolute Gasteiger partial charge is 0.0968 e. The Morgan fingerprint density at radius 3 is 2.67 bits per heavy atom. The quantitative estimate of drug-likeness (QED) is 0.930. The zero-order valence-corrected chi connectivity index (χ0v) is 12.4. The molecular weight excluding hydrogens is 258 g/mol. The molecule has 0 aliphatic carbocycles. The van der Waals surface area contributed by atoms with Crippen molar-refractivity contribution in [3.8, 4) is 0 Å². The molecule has 3 heteroatoms. The monoisotopic (exact) mass is 279 g/mol. The Kier molecular flexibility index (Phi) is 4.29. The van der Waals surface area contributed by atoms with Gasteiger partial charge >= 0.3 is 0 Å². The molecule has 0 fully saturated rings. The highest BCUT2D eigenvalue weighted by Gasteiger charge is 2.16. The van der Waals surface area contributed by atoms with E-state index < -0.39 is 0 Å². The summed E-state index contributed by atoms with van der Waals surface area (Å²) in [6.45, 7) is 3.07. The molecule has 0 saturated carbocycles. The first kappa shape index (κ1) is 13.8. The summed E-state index contributed by atoms with van der Waals surface area (Å²) in [5.74, 6) is 1.14. The van der Waals surface area contributed by atoms with Crippen molar-refractivity contribution in [1.82, 2.24) is 10.3 Å². The highest BCUT2D eigenvalue weighted by molar-refractivity contribution is 5.83. The molecule has 0 radical (unpaired) electrons. The predicted octanol–water partition coefficient (Wildman–Crippen LogP) is 3.46. The molecule has 108 valence electrons. The molecule has 3 nitrogen and oxygen atoms in total. The summed E-state index contributed by atoms with van der Waals surface area (Å²) in [4.78, 5) is 9.00. The molecule has 1 unspecified atom stereocenters. The highest BCUT2D eigenvalue weighted by atomic mass is 15.0. The topological polar surface area (TPSA) is 37.3 Å². The van der Waals surface area contributed by atoms with E-state index in [2.05, 4.69) is 52.5 Å². The Bertz CT molecular complexity index is 602. The fourth-order valence-corrected chi connectivity index (χ4v) is 2.64. The molecule has 1 atom stereocenters.